The molecule has 5 nitrogen and oxygen atoms in total. The monoisotopic (exact) mass is 364 g/mol. The molecule has 0 fully saturated rings. The van der Waals surface area contributed by atoms with Crippen molar-refractivity contribution in [1.29, 1.82) is 0 Å². The second-order valence-corrected chi connectivity index (χ2v) is 6.28. The van der Waals surface area contributed by atoms with Crippen molar-refractivity contribution < 1.29 is 13.6 Å². The average Bonchev–Trinajstić information content (AvgIpc) is 2.92. The third-order valence-corrected chi connectivity index (χ3v) is 3.99. The number of fused-ring (bicyclic) bond motifs is 1. The fourth-order valence-electron chi connectivity index (χ4n) is 2.60. The van der Waals surface area contributed by atoms with Crippen molar-refractivity contribution in [2.75, 3.05) is 5.32 Å². The molecule has 0 radical (unpaired) electrons. The Bertz CT molecular complexity index is 958. The molecule has 1 amide bonds. The Balaban J connectivity index is 2.04. The largest absolute Gasteiger partial charge is 0.364 e. The summed E-state index contributed by atoms with van der Waals surface area (Å²) in [5, 5.41) is 3.09. The van der Waals surface area contributed by atoms with Gasteiger partial charge in [0.1, 0.15) is 5.69 Å². The Morgan fingerprint density at radius 1 is 1.20 bits per heavy atom. The maximum absolute atomic E-state index is 13.6. The molecule has 0 aliphatic heterocycles. The first-order chi connectivity index (χ1) is 11.7. The normalized spacial score (nSPS) is 11.8. The number of aromatic nitrogens is 3. The molecule has 0 spiro atoms. The van der Waals surface area contributed by atoms with Gasteiger partial charge in [-0.1, -0.05) is 18.2 Å². The van der Waals surface area contributed by atoms with Gasteiger partial charge in [-0.2, -0.15) is 13.9 Å². The van der Waals surface area contributed by atoms with Gasteiger partial charge in [-0.25, -0.2) is 9.50 Å². The molecule has 0 unspecified atom stereocenters. The first-order valence-corrected chi connectivity index (χ1v) is 7.87. The number of carbonyl (C=O) groups is 1. The Morgan fingerprint density at radius 3 is 2.44 bits per heavy atom. The van der Waals surface area contributed by atoms with Crippen LogP contribution in [0.25, 0.3) is 5.65 Å². The number of anilines is 1. The van der Waals surface area contributed by atoms with Crippen LogP contribution >= 0.6 is 11.6 Å². The lowest BCUT2D eigenvalue weighted by Crippen LogP contribution is -2.16. The Hall–Kier alpha value is -2.54. The van der Waals surface area contributed by atoms with Gasteiger partial charge in [-0.3, -0.25) is 4.79 Å². The summed E-state index contributed by atoms with van der Waals surface area (Å²) in [4.78, 5) is 16.6. The molecule has 0 aliphatic rings. The number of benzene rings is 1. The van der Waals surface area contributed by atoms with Crippen LogP contribution in [0.5, 0.6) is 0 Å². The zero-order valence-corrected chi connectivity index (χ0v) is 14.5. The molecule has 1 N–H and O–H groups in total. The molecule has 25 heavy (non-hydrogen) atoms. The van der Waals surface area contributed by atoms with Crippen LogP contribution in [0.4, 0.5) is 14.5 Å². The first-order valence-electron chi connectivity index (χ1n) is 7.49. The molecule has 130 valence electrons. The molecule has 0 saturated heterocycles. The van der Waals surface area contributed by atoms with Crippen molar-refractivity contribution in [2.24, 2.45) is 0 Å². The molecule has 0 atom stereocenters. The maximum atomic E-state index is 13.6. The van der Waals surface area contributed by atoms with Crippen LogP contribution < -0.4 is 5.32 Å². The summed E-state index contributed by atoms with van der Waals surface area (Å²) in [6, 6.07) is 8.10. The van der Waals surface area contributed by atoms with Crippen LogP contribution in [-0.2, 0) is 5.38 Å². The van der Waals surface area contributed by atoms with Gasteiger partial charge in [-0.05, 0) is 49.6 Å². The highest BCUT2D eigenvalue weighted by atomic mass is 35.5. The number of hydrogen-bond acceptors (Lipinski definition) is 3. The molecule has 8 heteroatoms. The molecular formula is C17H15ClF2N4O. The lowest BCUT2D eigenvalue weighted by molar-refractivity contribution is 0.0868. The minimum absolute atomic E-state index is 0.0251. The van der Waals surface area contributed by atoms with Crippen LogP contribution in [0.15, 0.2) is 30.3 Å². The second kappa shape index (κ2) is 6.07. The van der Waals surface area contributed by atoms with E-state index in [1.165, 1.54) is 6.07 Å². The van der Waals surface area contributed by atoms with Crippen molar-refractivity contribution in [3.05, 3.63) is 58.5 Å². The molecule has 2 aromatic heterocycles. The summed E-state index contributed by atoms with van der Waals surface area (Å²) in [6.07, 6.45) is 0. The van der Waals surface area contributed by atoms with E-state index in [2.05, 4.69) is 15.4 Å². The number of halogens is 3. The molecule has 1 aromatic carbocycles. The Kier molecular flexibility index (Phi) is 4.20. The van der Waals surface area contributed by atoms with Crippen molar-refractivity contribution >= 4 is 28.8 Å². The lowest BCUT2D eigenvalue weighted by atomic mass is 10.1. The van der Waals surface area contributed by atoms with Crippen LogP contribution in [-0.4, -0.2) is 20.5 Å². The molecule has 0 saturated carbocycles. The van der Waals surface area contributed by atoms with Gasteiger partial charge in [0.25, 0.3) is 5.91 Å². The second-order valence-electron chi connectivity index (χ2n) is 5.80. The predicted molar refractivity (Wildman–Crippen MR) is 91.3 cm³/mol. The summed E-state index contributed by atoms with van der Waals surface area (Å²) in [5.74, 6) is -0.510. The third-order valence-electron chi connectivity index (χ3n) is 3.80. The maximum Gasteiger partial charge on any atom is 0.364 e. The minimum atomic E-state index is -3.63. The highest BCUT2D eigenvalue weighted by molar-refractivity contribution is 6.21. The minimum Gasteiger partial charge on any atom is -0.320 e. The number of nitrogens with one attached hydrogen (secondary N) is 1. The number of hydrogen-bond donors (Lipinski definition) is 1. The van der Waals surface area contributed by atoms with E-state index < -0.39 is 17.0 Å². The van der Waals surface area contributed by atoms with Crippen LogP contribution in [0.3, 0.4) is 0 Å². The number of para-hydroxylation sites is 1. The zero-order valence-electron chi connectivity index (χ0n) is 13.8. The van der Waals surface area contributed by atoms with Gasteiger partial charge >= 0.3 is 5.38 Å². The topological polar surface area (TPSA) is 59.3 Å². The predicted octanol–water partition coefficient (Wildman–Crippen LogP) is 4.19. The number of rotatable bonds is 3. The van der Waals surface area contributed by atoms with Crippen molar-refractivity contribution in [3.8, 4) is 0 Å². The molecule has 3 rings (SSSR count). The van der Waals surface area contributed by atoms with E-state index in [-0.39, 0.29) is 11.3 Å². The summed E-state index contributed by atoms with van der Waals surface area (Å²) < 4.78 is 28.1. The van der Waals surface area contributed by atoms with Gasteiger partial charge in [0, 0.05) is 17.4 Å². The number of alkyl halides is 3. The Morgan fingerprint density at radius 2 is 1.84 bits per heavy atom. The standard InChI is InChI=1S/C17H15ClF2N4O/c1-9-5-4-6-10(2)15(9)22-16(25)12-8-14-21-11(3)7-13(17(18,19)20)24(14)23-12/h4-8H,1-3H3,(H,22,25). The van der Waals surface area contributed by atoms with Gasteiger partial charge in [0.15, 0.2) is 11.3 Å². The van der Waals surface area contributed by atoms with E-state index >= 15 is 0 Å². The van der Waals surface area contributed by atoms with Gasteiger partial charge in [0.2, 0.25) is 0 Å². The van der Waals surface area contributed by atoms with E-state index in [1.807, 2.05) is 32.0 Å². The smallest absolute Gasteiger partial charge is 0.320 e. The van der Waals surface area contributed by atoms with E-state index in [4.69, 9.17) is 11.6 Å². The van der Waals surface area contributed by atoms with Gasteiger partial charge in [-0.15, -0.1) is 0 Å². The summed E-state index contributed by atoms with van der Waals surface area (Å²) in [5.41, 5.74) is 2.35. The molecule has 2 heterocycles. The van der Waals surface area contributed by atoms with Crippen molar-refractivity contribution in [3.63, 3.8) is 0 Å². The fourth-order valence-corrected chi connectivity index (χ4v) is 2.74. The summed E-state index contributed by atoms with van der Waals surface area (Å²) in [6.45, 7) is 5.29. The molecule has 0 aliphatic carbocycles. The molecule has 3 aromatic rings. The molecule has 0 bridgehead atoms. The highest BCUT2D eigenvalue weighted by Gasteiger charge is 2.32. The fraction of sp³-hybridized carbons (Fsp3) is 0.235. The Labute approximate surface area is 147 Å². The number of aryl methyl sites for hydroxylation is 3. The quantitative estimate of drug-likeness (QED) is 0.709. The molecular weight excluding hydrogens is 350 g/mol. The SMILES string of the molecule is Cc1cc(C(F)(F)Cl)n2nc(C(=O)Nc3c(C)cccc3C)cc2n1. The number of carbonyl (C=O) groups excluding carboxylic acids is 1. The van der Waals surface area contributed by atoms with Gasteiger partial charge in [0.05, 0.1) is 0 Å². The summed E-state index contributed by atoms with van der Waals surface area (Å²) >= 11 is 5.15. The van der Waals surface area contributed by atoms with Crippen LogP contribution in [0, 0.1) is 20.8 Å². The lowest BCUT2D eigenvalue weighted by Gasteiger charge is -2.11. The average molecular weight is 365 g/mol. The summed E-state index contributed by atoms with van der Waals surface area (Å²) in [7, 11) is 0. The number of amides is 1. The van der Waals surface area contributed by atoms with Crippen LogP contribution in [0.2, 0.25) is 0 Å². The van der Waals surface area contributed by atoms with E-state index in [0.717, 1.165) is 21.7 Å². The first kappa shape index (κ1) is 17.3. The van der Waals surface area contributed by atoms with Crippen molar-refractivity contribution in [2.45, 2.75) is 26.2 Å². The van der Waals surface area contributed by atoms with Crippen LogP contribution in [0.1, 0.15) is 33.0 Å². The van der Waals surface area contributed by atoms with Crippen molar-refractivity contribution in [1.82, 2.24) is 14.6 Å². The van der Waals surface area contributed by atoms with Gasteiger partial charge < -0.3 is 5.32 Å². The van der Waals surface area contributed by atoms with E-state index in [0.29, 0.717) is 11.4 Å². The number of nitrogens with zero attached hydrogens (tertiary/aromatic N) is 3. The zero-order chi connectivity index (χ0) is 18.4. The highest BCUT2D eigenvalue weighted by Crippen LogP contribution is 2.32. The third kappa shape index (κ3) is 3.32. The van der Waals surface area contributed by atoms with E-state index in [1.54, 1.807) is 6.92 Å². The van der Waals surface area contributed by atoms with E-state index in [9.17, 15) is 13.6 Å².